The van der Waals surface area contributed by atoms with Gasteiger partial charge >= 0.3 is 0 Å². The zero-order valence-electron chi connectivity index (χ0n) is 13.5. The molecule has 0 amide bonds. The van der Waals surface area contributed by atoms with E-state index in [2.05, 4.69) is 6.07 Å². The standard InChI is InChI=1S/C20H21NO2/c1-15(19(13-21)18-11-7-4-8-12-18)20(22)16(2)23-14-17-9-5-3-6-10-17/h3-12,15-16,19H,14H2,1-2H3/t15-,16-,19+/m0/s1. The van der Waals surface area contributed by atoms with Gasteiger partial charge < -0.3 is 4.74 Å². The van der Waals surface area contributed by atoms with Crippen LogP contribution in [0.25, 0.3) is 0 Å². The number of nitriles is 1. The molecule has 23 heavy (non-hydrogen) atoms. The Morgan fingerprint density at radius 2 is 1.61 bits per heavy atom. The summed E-state index contributed by atoms with van der Waals surface area (Å²) in [5, 5.41) is 9.45. The molecule has 0 aromatic heterocycles. The highest BCUT2D eigenvalue weighted by Crippen LogP contribution is 2.26. The first-order chi connectivity index (χ1) is 11.1. The summed E-state index contributed by atoms with van der Waals surface area (Å²) in [6, 6.07) is 21.4. The number of benzene rings is 2. The lowest BCUT2D eigenvalue weighted by molar-refractivity contribution is -0.134. The van der Waals surface area contributed by atoms with Gasteiger partial charge in [-0.15, -0.1) is 0 Å². The lowest BCUT2D eigenvalue weighted by Gasteiger charge is -2.21. The third-order valence-electron chi connectivity index (χ3n) is 3.99. The number of ketones is 1. The number of hydrogen-bond acceptors (Lipinski definition) is 3. The second-order valence-electron chi connectivity index (χ2n) is 5.65. The van der Waals surface area contributed by atoms with E-state index in [1.54, 1.807) is 13.8 Å². The monoisotopic (exact) mass is 307 g/mol. The largest absolute Gasteiger partial charge is 0.366 e. The maximum Gasteiger partial charge on any atom is 0.165 e. The van der Waals surface area contributed by atoms with Crippen LogP contribution < -0.4 is 0 Å². The molecule has 0 bridgehead atoms. The summed E-state index contributed by atoms with van der Waals surface area (Å²) in [7, 11) is 0. The molecular formula is C20H21NO2. The summed E-state index contributed by atoms with van der Waals surface area (Å²) < 4.78 is 5.68. The zero-order valence-corrected chi connectivity index (χ0v) is 13.5. The maximum atomic E-state index is 12.6. The molecule has 0 N–H and O–H groups in total. The predicted octanol–water partition coefficient (Wildman–Crippen LogP) is 4.10. The molecule has 0 heterocycles. The van der Waals surface area contributed by atoms with Gasteiger partial charge in [0, 0.05) is 5.92 Å². The van der Waals surface area contributed by atoms with Crippen molar-refractivity contribution >= 4 is 5.78 Å². The van der Waals surface area contributed by atoms with E-state index in [0.717, 1.165) is 11.1 Å². The molecule has 2 aromatic rings. The SMILES string of the molecule is C[C@H](OCc1ccccc1)C(=O)[C@@H](C)[C@@H](C#N)c1ccccc1. The minimum atomic E-state index is -0.537. The molecule has 3 atom stereocenters. The average Bonchev–Trinajstić information content (AvgIpc) is 2.61. The van der Waals surface area contributed by atoms with Crippen molar-refractivity contribution in [2.75, 3.05) is 0 Å². The van der Waals surface area contributed by atoms with Crippen molar-refractivity contribution in [3.63, 3.8) is 0 Å². The van der Waals surface area contributed by atoms with E-state index in [1.807, 2.05) is 60.7 Å². The van der Waals surface area contributed by atoms with E-state index in [1.165, 1.54) is 0 Å². The third-order valence-corrected chi connectivity index (χ3v) is 3.99. The van der Waals surface area contributed by atoms with Crippen LogP contribution in [0.15, 0.2) is 60.7 Å². The van der Waals surface area contributed by atoms with Crippen LogP contribution in [0.4, 0.5) is 0 Å². The lowest BCUT2D eigenvalue weighted by Crippen LogP contribution is -2.30. The summed E-state index contributed by atoms with van der Waals surface area (Å²) >= 11 is 0. The Bertz CT molecular complexity index is 661. The fourth-order valence-electron chi connectivity index (χ4n) is 2.55. The molecule has 2 aromatic carbocycles. The topological polar surface area (TPSA) is 50.1 Å². The normalized spacial score (nSPS) is 14.5. The quantitative estimate of drug-likeness (QED) is 0.773. The van der Waals surface area contributed by atoms with Crippen LogP contribution >= 0.6 is 0 Å². The van der Waals surface area contributed by atoms with E-state index in [-0.39, 0.29) is 5.78 Å². The Hall–Kier alpha value is -2.44. The van der Waals surface area contributed by atoms with Crippen LogP contribution in [-0.4, -0.2) is 11.9 Å². The van der Waals surface area contributed by atoms with Crippen LogP contribution in [0.1, 0.15) is 30.9 Å². The van der Waals surface area contributed by atoms with Gasteiger partial charge in [-0.3, -0.25) is 4.79 Å². The van der Waals surface area contributed by atoms with Crippen molar-refractivity contribution in [2.45, 2.75) is 32.5 Å². The van der Waals surface area contributed by atoms with Gasteiger partial charge in [0.2, 0.25) is 0 Å². The third kappa shape index (κ3) is 4.51. The Morgan fingerprint density at radius 3 is 2.17 bits per heavy atom. The maximum absolute atomic E-state index is 12.6. The zero-order chi connectivity index (χ0) is 16.7. The molecule has 3 nitrogen and oxygen atoms in total. The van der Waals surface area contributed by atoms with Crippen molar-refractivity contribution in [3.8, 4) is 6.07 Å². The Balaban J connectivity index is 1.99. The van der Waals surface area contributed by atoms with Crippen molar-refractivity contribution in [2.24, 2.45) is 5.92 Å². The van der Waals surface area contributed by atoms with Gasteiger partial charge in [-0.2, -0.15) is 5.26 Å². The molecule has 0 saturated heterocycles. The minimum Gasteiger partial charge on any atom is -0.366 e. The van der Waals surface area contributed by atoms with Gasteiger partial charge in [0.25, 0.3) is 0 Å². The van der Waals surface area contributed by atoms with Crippen molar-refractivity contribution in [1.82, 2.24) is 0 Å². The average molecular weight is 307 g/mol. The fraction of sp³-hybridized carbons (Fsp3) is 0.300. The first-order valence-corrected chi connectivity index (χ1v) is 7.77. The van der Waals surface area contributed by atoms with Crippen molar-refractivity contribution < 1.29 is 9.53 Å². The molecule has 118 valence electrons. The van der Waals surface area contributed by atoms with E-state index in [4.69, 9.17) is 4.74 Å². The van der Waals surface area contributed by atoms with Crippen molar-refractivity contribution in [3.05, 3.63) is 71.8 Å². The van der Waals surface area contributed by atoms with Crippen LogP contribution in [0.5, 0.6) is 0 Å². The number of carbonyl (C=O) groups is 1. The van der Waals surface area contributed by atoms with Gasteiger partial charge in [0.15, 0.2) is 5.78 Å². The van der Waals surface area contributed by atoms with Gasteiger partial charge in [-0.1, -0.05) is 67.6 Å². The Morgan fingerprint density at radius 1 is 1.04 bits per heavy atom. The highest BCUT2D eigenvalue weighted by atomic mass is 16.5. The van der Waals surface area contributed by atoms with E-state index in [9.17, 15) is 10.1 Å². The first kappa shape index (κ1) is 16.9. The van der Waals surface area contributed by atoms with Gasteiger partial charge in [0.05, 0.1) is 18.6 Å². The molecule has 0 fully saturated rings. The Labute approximate surface area is 137 Å². The van der Waals surface area contributed by atoms with Crippen molar-refractivity contribution in [1.29, 1.82) is 5.26 Å². The lowest BCUT2D eigenvalue weighted by atomic mass is 9.84. The molecule has 0 aliphatic heterocycles. The number of nitrogens with zero attached hydrogens (tertiary/aromatic N) is 1. The molecule has 0 spiro atoms. The van der Waals surface area contributed by atoms with Gasteiger partial charge in [-0.25, -0.2) is 0 Å². The van der Waals surface area contributed by atoms with Crippen LogP contribution in [0.3, 0.4) is 0 Å². The van der Waals surface area contributed by atoms with Crippen LogP contribution in [0, 0.1) is 17.2 Å². The molecule has 0 radical (unpaired) electrons. The summed E-state index contributed by atoms with van der Waals surface area (Å²) in [4.78, 5) is 12.6. The molecule has 0 aliphatic carbocycles. The number of rotatable bonds is 7. The molecule has 0 saturated carbocycles. The minimum absolute atomic E-state index is 0.0451. The van der Waals surface area contributed by atoms with E-state index < -0.39 is 17.9 Å². The second-order valence-corrected chi connectivity index (χ2v) is 5.65. The molecular weight excluding hydrogens is 286 g/mol. The summed E-state index contributed by atoms with van der Waals surface area (Å²) in [6.45, 7) is 3.94. The number of carbonyl (C=O) groups excluding carboxylic acids is 1. The van der Waals surface area contributed by atoms with E-state index in [0.29, 0.717) is 6.61 Å². The highest BCUT2D eigenvalue weighted by Gasteiger charge is 2.29. The number of hydrogen-bond donors (Lipinski definition) is 0. The number of Topliss-reactive ketones (excluding diaryl/α,β-unsaturated/α-hetero) is 1. The second kappa shape index (κ2) is 8.26. The van der Waals surface area contributed by atoms with Gasteiger partial charge in [0.1, 0.15) is 6.10 Å². The van der Waals surface area contributed by atoms with E-state index >= 15 is 0 Å². The smallest absolute Gasteiger partial charge is 0.165 e. The van der Waals surface area contributed by atoms with Crippen LogP contribution in [-0.2, 0) is 16.1 Å². The summed E-state index contributed by atoms with van der Waals surface area (Å²) in [6.07, 6.45) is -0.537. The number of ether oxygens (including phenoxy) is 1. The first-order valence-electron chi connectivity index (χ1n) is 7.77. The summed E-state index contributed by atoms with van der Waals surface area (Å²) in [5.74, 6) is -0.906. The fourth-order valence-corrected chi connectivity index (χ4v) is 2.55. The Kier molecular flexibility index (Phi) is 6.08. The summed E-state index contributed by atoms with van der Waals surface area (Å²) in [5.41, 5.74) is 1.89. The molecule has 2 rings (SSSR count). The predicted molar refractivity (Wildman–Crippen MR) is 89.7 cm³/mol. The molecule has 0 unspecified atom stereocenters. The molecule has 3 heteroatoms. The van der Waals surface area contributed by atoms with Crippen LogP contribution in [0.2, 0.25) is 0 Å². The molecule has 0 aliphatic rings. The van der Waals surface area contributed by atoms with Gasteiger partial charge in [-0.05, 0) is 18.1 Å². The highest BCUT2D eigenvalue weighted by molar-refractivity contribution is 5.86.